The van der Waals surface area contributed by atoms with Gasteiger partial charge in [-0.1, -0.05) is 6.07 Å². The summed E-state index contributed by atoms with van der Waals surface area (Å²) < 4.78 is 32.1. The molecule has 0 bridgehead atoms. The number of carbonyl (C=O) groups excluding carboxylic acids is 3. The van der Waals surface area contributed by atoms with E-state index in [4.69, 9.17) is 4.74 Å². The van der Waals surface area contributed by atoms with Crippen LogP contribution in [-0.4, -0.2) is 35.9 Å². The zero-order valence-corrected chi connectivity index (χ0v) is 15.8. The molecule has 0 unspecified atom stereocenters. The fraction of sp³-hybridized carbons (Fsp3) is 0.250. The van der Waals surface area contributed by atoms with Gasteiger partial charge in [-0.15, -0.1) is 0 Å². The molecular weight excluding hydrogens is 384 g/mol. The van der Waals surface area contributed by atoms with Crippen LogP contribution < -0.4 is 15.4 Å². The number of anilines is 1. The lowest BCUT2D eigenvalue weighted by Crippen LogP contribution is -2.42. The molecule has 0 saturated carbocycles. The molecule has 1 aliphatic heterocycles. The Morgan fingerprint density at radius 1 is 1.14 bits per heavy atom. The molecule has 29 heavy (non-hydrogen) atoms. The summed E-state index contributed by atoms with van der Waals surface area (Å²) in [6.45, 7) is 3.19. The summed E-state index contributed by atoms with van der Waals surface area (Å²) in [7, 11) is 0. The topological polar surface area (TPSA) is 87.7 Å². The van der Waals surface area contributed by atoms with Crippen LogP contribution in [0.5, 0.6) is 5.75 Å². The van der Waals surface area contributed by atoms with Crippen LogP contribution in [0.4, 0.5) is 19.3 Å². The molecule has 152 valence electrons. The Hall–Kier alpha value is -3.49. The standard InChI is InChI=1S/C20H19F2N3O4/c1-3-29-14-7-5-13(6-8-14)23-17(26)11-25-18(27)20(2,24-19(25)28)12-4-9-15(21)16(22)10-12/h4-10H,3,11H2,1-2H3,(H,23,26)(H,24,28)/t20-/m1/s1. The molecule has 1 aliphatic rings. The minimum absolute atomic E-state index is 0.0733. The molecule has 1 heterocycles. The molecule has 7 nitrogen and oxygen atoms in total. The average molecular weight is 403 g/mol. The van der Waals surface area contributed by atoms with Gasteiger partial charge in [0.1, 0.15) is 17.8 Å². The normalized spacial score (nSPS) is 18.6. The Kier molecular flexibility index (Phi) is 5.49. The highest BCUT2D eigenvalue weighted by molar-refractivity contribution is 6.10. The number of nitrogens with one attached hydrogen (secondary N) is 2. The number of hydrogen-bond donors (Lipinski definition) is 2. The van der Waals surface area contributed by atoms with Crippen molar-refractivity contribution >= 4 is 23.5 Å². The number of benzene rings is 2. The fourth-order valence-electron chi connectivity index (χ4n) is 2.99. The van der Waals surface area contributed by atoms with Crippen molar-refractivity contribution in [2.75, 3.05) is 18.5 Å². The summed E-state index contributed by atoms with van der Waals surface area (Å²) in [4.78, 5) is 38.0. The van der Waals surface area contributed by atoms with Gasteiger partial charge >= 0.3 is 6.03 Å². The van der Waals surface area contributed by atoms with Crippen LogP contribution in [0.2, 0.25) is 0 Å². The second-order valence-electron chi connectivity index (χ2n) is 6.58. The molecule has 2 aromatic rings. The molecule has 9 heteroatoms. The van der Waals surface area contributed by atoms with Crippen LogP contribution in [0.25, 0.3) is 0 Å². The van der Waals surface area contributed by atoms with Gasteiger partial charge in [0.2, 0.25) is 5.91 Å². The SMILES string of the molecule is CCOc1ccc(NC(=O)CN2C(=O)N[C@](C)(c3ccc(F)c(F)c3)C2=O)cc1. The molecule has 0 aliphatic carbocycles. The Labute approximate surface area is 165 Å². The second-order valence-corrected chi connectivity index (χ2v) is 6.58. The van der Waals surface area contributed by atoms with E-state index >= 15 is 0 Å². The summed E-state index contributed by atoms with van der Waals surface area (Å²) in [6, 6.07) is 8.72. The van der Waals surface area contributed by atoms with E-state index in [0.29, 0.717) is 18.0 Å². The molecule has 0 radical (unpaired) electrons. The van der Waals surface area contributed by atoms with Gasteiger partial charge in [-0.3, -0.25) is 14.5 Å². The van der Waals surface area contributed by atoms with Gasteiger partial charge < -0.3 is 15.4 Å². The number of hydrogen-bond acceptors (Lipinski definition) is 4. The number of carbonyl (C=O) groups is 3. The van der Waals surface area contributed by atoms with Crippen molar-refractivity contribution in [2.45, 2.75) is 19.4 Å². The van der Waals surface area contributed by atoms with E-state index in [2.05, 4.69) is 10.6 Å². The van der Waals surface area contributed by atoms with Crippen LogP contribution in [0, 0.1) is 11.6 Å². The quantitative estimate of drug-likeness (QED) is 0.726. The third-order valence-corrected chi connectivity index (χ3v) is 4.52. The van der Waals surface area contributed by atoms with Gasteiger partial charge in [-0.25, -0.2) is 13.6 Å². The number of urea groups is 1. The van der Waals surface area contributed by atoms with E-state index in [0.717, 1.165) is 17.0 Å². The first-order valence-electron chi connectivity index (χ1n) is 8.87. The van der Waals surface area contributed by atoms with Crippen molar-refractivity contribution < 1.29 is 27.9 Å². The number of nitrogens with zero attached hydrogens (tertiary/aromatic N) is 1. The molecule has 0 aromatic heterocycles. The lowest BCUT2D eigenvalue weighted by Gasteiger charge is -2.22. The number of halogens is 2. The predicted octanol–water partition coefficient (Wildman–Crippen LogP) is 2.77. The van der Waals surface area contributed by atoms with Crippen LogP contribution in [0.15, 0.2) is 42.5 Å². The van der Waals surface area contributed by atoms with Crippen molar-refractivity contribution in [2.24, 2.45) is 0 Å². The smallest absolute Gasteiger partial charge is 0.325 e. The van der Waals surface area contributed by atoms with Crippen LogP contribution in [0.1, 0.15) is 19.4 Å². The second kappa shape index (κ2) is 7.86. The maximum absolute atomic E-state index is 13.6. The van der Waals surface area contributed by atoms with Gasteiger partial charge in [0.25, 0.3) is 5.91 Å². The van der Waals surface area contributed by atoms with E-state index in [1.807, 2.05) is 6.92 Å². The molecule has 1 saturated heterocycles. The van der Waals surface area contributed by atoms with Gasteiger partial charge in [0.05, 0.1) is 6.61 Å². The maximum atomic E-state index is 13.6. The molecule has 0 spiro atoms. The molecule has 2 N–H and O–H groups in total. The van der Waals surface area contributed by atoms with Gasteiger partial charge in [0, 0.05) is 5.69 Å². The van der Waals surface area contributed by atoms with Crippen LogP contribution in [0.3, 0.4) is 0 Å². The number of imide groups is 1. The Bertz CT molecular complexity index is 965. The molecule has 1 fully saturated rings. The lowest BCUT2D eigenvalue weighted by molar-refractivity contribution is -0.133. The minimum Gasteiger partial charge on any atom is -0.494 e. The molecule has 4 amide bonds. The predicted molar refractivity (Wildman–Crippen MR) is 100 cm³/mol. The summed E-state index contributed by atoms with van der Waals surface area (Å²) in [6.07, 6.45) is 0. The molecule has 2 aromatic carbocycles. The van der Waals surface area contributed by atoms with Crippen LogP contribution in [-0.2, 0) is 15.1 Å². The van der Waals surface area contributed by atoms with E-state index in [9.17, 15) is 23.2 Å². The number of rotatable bonds is 6. The third-order valence-electron chi connectivity index (χ3n) is 4.52. The fourth-order valence-corrected chi connectivity index (χ4v) is 2.99. The Morgan fingerprint density at radius 3 is 2.45 bits per heavy atom. The van der Waals surface area contributed by atoms with Crippen molar-refractivity contribution in [3.63, 3.8) is 0 Å². The van der Waals surface area contributed by atoms with E-state index in [-0.39, 0.29) is 5.56 Å². The highest BCUT2D eigenvalue weighted by atomic mass is 19.2. The van der Waals surface area contributed by atoms with E-state index in [1.165, 1.54) is 13.0 Å². The largest absolute Gasteiger partial charge is 0.494 e. The first kappa shape index (κ1) is 20.2. The monoisotopic (exact) mass is 403 g/mol. The van der Waals surface area contributed by atoms with E-state index in [1.54, 1.807) is 24.3 Å². The maximum Gasteiger partial charge on any atom is 0.325 e. The van der Waals surface area contributed by atoms with E-state index < -0.39 is 41.6 Å². The van der Waals surface area contributed by atoms with Crippen molar-refractivity contribution in [3.8, 4) is 5.75 Å². The summed E-state index contributed by atoms with van der Waals surface area (Å²) in [5.41, 5.74) is -1.07. The average Bonchev–Trinajstić information content (AvgIpc) is 2.90. The number of ether oxygens (including phenoxy) is 1. The highest BCUT2D eigenvalue weighted by Gasteiger charge is 2.49. The van der Waals surface area contributed by atoms with Crippen molar-refractivity contribution in [1.29, 1.82) is 0 Å². The number of amides is 4. The molecule has 3 rings (SSSR count). The van der Waals surface area contributed by atoms with Crippen LogP contribution >= 0.6 is 0 Å². The summed E-state index contributed by atoms with van der Waals surface area (Å²) in [5.74, 6) is -2.90. The molecular formula is C20H19F2N3O4. The summed E-state index contributed by atoms with van der Waals surface area (Å²) >= 11 is 0. The zero-order chi connectivity index (χ0) is 21.2. The van der Waals surface area contributed by atoms with Gasteiger partial charge in [0.15, 0.2) is 11.6 Å². The van der Waals surface area contributed by atoms with Gasteiger partial charge in [-0.05, 0) is 55.8 Å². The third kappa shape index (κ3) is 4.03. The van der Waals surface area contributed by atoms with Crippen molar-refractivity contribution in [1.82, 2.24) is 10.2 Å². The molecule has 1 atom stereocenters. The summed E-state index contributed by atoms with van der Waals surface area (Å²) in [5, 5.41) is 5.02. The minimum atomic E-state index is -1.61. The first-order valence-corrected chi connectivity index (χ1v) is 8.87. The lowest BCUT2D eigenvalue weighted by atomic mass is 9.92. The van der Waals surface area contributed by atoms with Gasteiger partial charge in [-0.2, -0.15) is 0 Å². The van der Waals surface area contributed by atoms with Crippen molar-refractivity contribution in [3.05, 3.63) is 59.7 Å². The zero-order valence-electron chi connectivity index (χ0n) is 15.8. The highest BCUT2D eigenvalue weighted by Crippen LogP contribution is 2.29. The Balaban J connectivity index is 1.70. The Morgan fingerprint density at radius 2 is 1.83 bits per heavy atom. The first-order chi connectivity index (χ1) is 13.7.